The van der Waals surface area contributed by atoms with Crippen LogP contribution in [0.2, 0.25) is 0 Å². The van der Waals surface area contributed by atoms with Crippen LogP contribution in [0.15, 0.2) is 18.2 Å². The maximum absolute atomic E-state index is 13.1. The van der Waals surface area contributed by atoms with Gasteiger partial charge in [-0.3, -0.25) is 4.79 Å². The van der Waals surface area contributed by atoms with E-state index in [9.17, 15) is 13.6 Å². The zero-order valence-corrected chi connectivity index (χ0v) is 8.93. The second kappa shape index (κ2) is 6.05. The summed E-state index contributed by atoms with van der Waals surface area (Å²) in [5.41, 5.74) is 0.0456. The van der Waals surface area contributed by atoms with Crippen LogP contribution in [0.25, 0.3) is 0 Å². The second-order valence-electron chi connectivity index (χ2n) is 3.11. The summed E-state index contributed by atoms with van der Waals surface area (Å²) in [7, 11) is 0. The minimum atomic E-state index is -0.551. The van der Waals surface area contributed by atoms with Gasteiger partial charge >= 0.3 is 5.97 Å². The number of carbonyl (C=O) groups excluding carboxylic acids is 1. The van der Waals surface area contributed by atoms with Crippen molar-refractivity contribution in [1.29, 1.82) is 0 Å². The van der Waals surface area contributed by atoms with Gasteiger partial charge in [-0.05, 0) is 25.1 Å². The van der Waals surface area contributed by atoms with Gasteiger partial charge in [0.1, 0.15) is 11.6 Å². The Balaban J connectivity index is 2.42. The molecule has 0 saturated heterocycles. The SMILES string of the molecule is CCOC(=O)CCNc1cc(F)ccc1F. The number of benzene rings is 1. The van der Waals surface area contributed by atoms with Gasteiger partial charge in [0.25, 0.3) is 0 Å². The molecule has 16 heavy (non-hydrogen) atoms. The van der Waals surface area contributed by atoms with Crippen molar-refractivity contribution in [3.05, 3.63) is 29.8 Å². The van der Waals surface area contributed by atoms with Gasteiger partial charge < -0.3 is 10.1 Å². The van der Waals surface area contributed by atoms with Crippen LogP contribution in [0.5, 0.6) is 0 Å². The Labute approximate surface area is 92.4 Å². The monoisotopic (exact) mass is 229 g/mol. The lowest BCUT2D eigenvalue weighted by atomic mass is 10.3. The van der Waals surface area contributed by atoms with Gasteiger partial charge in [-0.25, -0.2) is 8.78 Å². The first kappa shape index (κ1) is 12.4. The molecule has 0 aliphatic heterocycles. The number of halogens is 2. The van der Waals surface area contributed by atoms with E-state index < -0.39 is 11.6 Å². The number of hydrogen-bond acceptors (Lipinski definition) is 3. The third-order valence-corrected chi connectivity index (χ3v) is 1.88. The van der Waals surface area contributed by atoms with E-state index >= 15 is 0 Å². The molecule has 88 valence electrons. The molecule has 0 aliphatic carbocycles. The zero-order chi connectivity index (χ0) is 12.0. The highest BCUT2D eigenvalue weighted by Gasteiger charge is 2.05. The van der Waals surface area contributed by atoms with E-state index in [0.717, 1.165) is 18.2 Å². The molecule has 0 spiro atoms. The highest BCUT2D eigenvalue weighted by molar-refractivity contribution is 5.70. The fourth-order valence-corrected chi connectivity index (χ4v) is 1.17. The molecule has 5 heteroatoms. The third-order valence-electron chi connectivity index (χ3n) is 1.88. The highest BCUT2D eigenvalue weighted by Crippen LogP contribution is 2.14. The molecule has 0 aromatic heterocycles. The lowest BCUT2D eigenvalue weighted by molar-refractivity contribution is -0.142. The van der Waals surface area contributed by atoms with Crippen molar-refractivity contribution in [3.8, 4) is 0 Å². The lowest BCUT2D eigenvalue weighted by Crippen LogP contribution is -2.12. The molecule has 1 aromatic carbocycles. The molecule has 0 amide bonds. The summed E-state index contributed by atoms with van der Waals surface area (Å²) < 4.78 is 30.5. The van der Waals surface area contributed by atoms with Gasteiger partial charge in [0.2, 0.25) is 0 Å². The van der Waals surface area contributed by atoms with Crippen LogP contribution in [0, 0.1) is 11.6 Å². The summed E-state index contributed by atoms with van der Waals surface area (Å²) >= 11 is 0. The first-order chi connectivity index (χ1) is 7.63. The fraction of sp³-hybridized carbons (Fsp3) is 0.364. The van der Waals surface area contributed by atoms with Crippen LogP contribution in [0.3, 0.4) is 0 Å². The largest absolute Gasteiger partial charge is 0.466 e. The van der Waals surface area contributed by atoms with Crippen molar-refractivity contribution in [2.24, 2.45) is 0 Å². The van der Waals surface area contributed by atoms with E-state index in [0.29, 0.717) is 6.61 Å². The number of rotatable bonds is 5. The van der Waals surface area contributed by atoms with Gasteiger partial charge in [0.05, 0.1) is 18.7 Å². The Morgan fingerprint density at radius 3 is 2.88 bits per heavy atom. The first-order valence-electron chi connectivity index (χ1n) is 4.98. The molecule has 0 saturated carbocycles. The predicted octanol–water partition coefficient (Wildman–Crippen LogP) is 2.33. The summed E-state index contributed by atoms with van der Waals surface area (Å²) in [6, 6.07) is 3.11. The Bertz CT molecular complexity index is 369. The van der Waals surface area contributed by atoms with Crippen LogP contribution >= 0.6 is 0 Å². The average molecular weight is 229 g/mol. The normalized spacial score (nSPS) is 9.94. The number of carbonyl (C=O) groups is 1. The van der Waals surface area contributed by atoms with Gasteiger partial charge in [-0.2, -0.15) is 0 Å². The molecule has 0 heterocycles. The maximum Gasteiger partial charge on any atom is 0.307 e. The van der Waals surface area contributed by atoms with Crippen molar-refractivity contribution >= 4 is 11.7 Å². The number of ether oxygens (including phenoxy) is 1. The molecule has 1 aromatic rings. The number of hydrogen-bond donors (Lipinski definition) is 1. The smallest absolute Gasteiger partial charge is 0.307 e. The van der Waals surface area contributed by atoms with Gasteiger partial charge in [-0.15, -0.1) is 0 Å². The summed E-state index contributed by atoms with van der Waals surface area (Å²) in [6.07, 6.45) is 0.115. The van der Waals surface area contributed by atoms with Crippen molar-refractivity contribution in [3.63, 3.8) is 0 Å². The van der Waals surface area contributed by atoms with Gasteiger partial charge in [0.15, 0.2) is 0 Å². The molecule has 0 unspecified atom stereocenters. The topological polar surface area (TPSA) is 38.3 Å². The lowest BCUT2D eigenvalue weighted by Gasteiger charge is -2.07. The molecule has 0 bridgehead atoms. The van der Waals surface area contributed by atoms with E-state index in [4.69, 9.17) is 0 Å². The number of esters is 1. The Hall–Kier alpha value is -1.65. The Morgan fingerprint density at radius 2 is 2.19 bits per heavy atom. The fourth-order valence-electron chi connectivity index (χ4n) is 1.17. The number of nitrogens with one attached hydrogen (secondary N) is 1. The molecule has 1 rings (SSSR count). The molecular formula is C11H13F2NO2. The Morgan fingerprint density at radius 1 is 1.44 bits per heavy atom. The molecule has 3 nitrogen and oxygen atoms in total. The van der Waals surface area contributed by atoms with E-state index in [1.54, 1.807) is 6.92 Å². The molecule has 0 atom stereocenters. The molecule has 0 aliphatic rings. The van der Waals surface area contributed by atoms with E-state index in [1.165, 1.54) is 0 Å². The van der Waals surface area contributed by atoms with Gasteiger partial charge in [0, 0.05) is 6.54 Å². The van der Waals surface area contributed by atoms with Gasteiger partial charge in [-0.1, -0.05) is 0 Å². The van der Waals surface area contributed by atoms with Crippen molar-refractivity contribution < 1.29 is 18.3 Å². The molecule has 1 N–H and O–H groups in total. The zero-order valence-electron chi connectivity index (χ0n) is 8.93. The van der Waals surface area contributed by atoms with Crippen molar-refractivity contribution in [2.45, 2.75) is 13.3 Å². The molecule has 0 fully saturated rings. The van der Waals surface area contributed by atoms with Crippen LogP contribution < -0.4 is 5.32 Å². The molecular weight excluding hydrogens is 216 g/mol. The van der Waals surface area contributed by atoms with Crippen LogP contribution in [0.4, 0.5) is 14.5 Å². The second-order valence-corrected chi connectivity index (χ2v) is 3.11. The summed E-state index contributed by atoms with van der Waals surface area (Å²) in [5.74, 6) is -1.45. The predicted molar refractivity (Wildman–Crippen MR) is 56.1 cm³/mol. The summed E-state index contributed by atoms with van der Waals surface area (Å²) in [6.45, 7) is 2.23. The minimum Gasteiger partial charge on any atom is -0.466 e. The Kier molecular flexibility index (Phi) is 4.69. The summed E-state index contributed by atoms with van der Waals surface area (Å²) in [5, 5.41) is 2.63. The van der Waals surface area contributed by atoms with E-state index in [-0.39, 0.29) is 24.6 Å². The quantitative estimate of drug-likeness (QED) is 0.787. The van der Waals surface area contributed by atoms with Crippen LogP contribution in [-0.4, -0.2) is 19.1 Å². The van der Waals surface area contributed by atoms with Crippen molar-refractivity contribution in [1.82, 2.24) is 0 Å². The van der Waals surface area contributed by atoms with Crippen LogP contribution in [0.1, 0.15) is 13.3 Å². The minimum absolute atomic E-state index is 0.0456. The van der Waals surface area contributed by atoms with E-state index in [1.807, 2.05) is 0 Å². The van der Waals surface area contributed by atoms with Crippen LogP contribution in [-0.2, 0) is 9.53 Å². The first-order valence-corrected chi connectivity index (χ1v) is 4.98. The van der Waals surface area contributed by atoms with E-state index in [2.05, 4.69) is 10.1 Å². The summed E-state index contributed by atoms with van der Waals surface area (Å²) in [4.78, 5) is 11.0. The highest BCUT2D eigenvalue weighted by atomic mass is 19.1. The van der Waals surface area contributed by atoms with Crippen molar-refractivity contribution in [2.75, 3.05) is 18.5 Å². The number of anilines is 1. The maximum atomic E-state index is 13.1. The molecule has 0 radical (unpaired) electrons. The standard InChI is InChI=1S/C11H13F2NO2/c1-2-16-11(15)5-6-14-10-7-8(12)3-4-9(10)13/h3-4,7,14H,2,5-6H2,1H3. The average Bonchev–Trinajstić information content (AvgIpc) is 2.23. The third kappa shape index (κ3) is 3.84.